The van der Waals surface area contributed by atoms with Crippen molar-refractivity contribution in [3.63, 3.8) is 0 Å². The highest BCUT2D eigenvalue weighted by Crippen LogP contribution is 2.10. The SMILES string of the molecule is CCCCCCC(C)C(N)=NCCCC(N)C(=O)O. The van der Waals surface area contributed by atoms with E-state index in [1.807, 2.05) is 0 Å². The molecule has 112 valence electrons. The van der Waals surface area contributed by atoms with Gasteiger partial charge in [-0.1, -0.05) is 39.5 Å². The minimum atomic E-state index is -0.957. The minimum Gasteiger partial charge on any atom is -0.480 e. The van der Waals surface area contributed by atoms with Gasteiger partial charge >= 0.3 is 5.97 Å². The van der Waals surface area contributed by atoms with Gasteiger partial charge in [0.2, 0.25) is 0 Å². The highest BCUT2D eigenvalue weighted by molar-refractivity contribution is 5.82. The summed E-state index contributed by atoms with van der Waals surface area (Å²) in [5, 5.41) is 8.63. The summed E-state index contributed by atoms with van der Waals surface area (Å²) < 4.78 is 0. The Balaban J connectivity index is 3.76. The molecule has 0 saturated carbocycles. The van der Waals surface area contributed by atoms with Gasteiger partial charge in [0.15, 0.2) is 0 Å². The summed E-state index contributed by atoms with van der Waals surface area (Å²) >= 11 is 0. The lowest BCUT2D eigenvalue weighted by molar-refractivity contribution is -0.138. The number of carbonyl (C=O) groups is 1. The van der Waals surface area contributed by atoms with E-state index in [1.54, 1.807) is 0 Å². The first kappa shape index (κ1) is 17.9. The molecule has 5 nitrogen and oxygen atoms in total. The molecule has 0 saturated heterocycles. The average Bonchev–Trinajstić information content (AvgIpc) is 2.38. The van der Waals surface area contributed by atoms with E-state index >= 15 is 0 Å². The van der Waals surface area contributed by atoms with E-state index in [2.05, 4.69) is 18.8 Å². The van der Waals surface area contributed by atoms with Crippen molar-refractivity contribution in [1.82, 2.24) is 0 Å². The van der Waals surface area contributed by atoms with Crippen LogP contribution in [0.1, 0.15) is 58.8 Å². The predicted molar refractivity (Wildman–Crippen MR) is 79.3 cm³/mol. The van der Waals surface area contributed by atoms with Crippen LogP contribution in [0.15, 0.2) is 4.99 Å². The maximum Gasteiger partial charge on any atom is 0.320 e. The molecule has 0 radical (unpaired) electrons. The molecule has 0 aliphatic carbocycles. The number of nitrogens with two attached hydrogens (primary N) is 2. The number of amidine groups is 1. The van der Waals surface area contributed by atoms with Crippen LogP contribution in [0, 0.1) is 5.92 Å². The molecule has 0 amide bonds. The Hall–Kier alpha value is -1.10. The van der Waals surface area contributed by atoms with E-state index in [4.69, 9.17) is 16.6 Å². The van der Waals surface area contributed by atoms with Gasteiger partial charge in [0.05, 0.1) is 5.84 Å². The van der Waals surface area contributed by atoms with Gasteiger partial charge in [0.25, 0.3) is 0 Å². The third kappa shape index (κ3) is 9.47. The second-order valence-electron chi connectivity index (χ2n) is 5.14. The molecule has 19 heavy (non-hydrogen) atoms. The Labute approximate surface area is 116 Å². The Morgan fingerprint density at radius 1 is 1.21 bits per heavy atom. The van der Waals surface area contributed by atoms with Gasteiger partial charge in [-0.25, -0.2) is 0 Å². The van der Waals surface area contributed by atoms with Gasteiger partial charge in [0.1, 0.15) is 6.04 Å². The Bertz CT molecular complexity index is 280. The molecule has 0 aliphatic rings. The first-order valence-electron chi connectivity index (χ1n) is 7.27. The number of hydrogen-bond donors (Lipinski definition) is 3. The van der Waals surface area contributed by atoms with Crippen molar-refractivity contribution in [2.24, 2.45) is 22.4 Å². The van der Waals surface area contributed by atoms with Gasteiger partial charge in [-0.3, -0.25) is 9.79 Å². The van der Waals surface area contributed by atoms with Crippen LogP contribution in [0.3, 0.4) is 0 Å². The molecular weight excluding hydrogens is 242 g/mol. The molecule has 0 rings (SSSR count). The third-order valence-electron chi connectivity index (χ3n) is 3.28. The molecule has 5 N–H and O–H groups in total. The van der Waals surface area contributed by atoms with Gasteiger partial charge in [0, 0.05) is 12.5 Å². The lowest BCUT2D eigenvalue weighted by atomic mass is 10.0. The smallest absolute Gasteiger partial charge is 0.320 e. The zero-order valence-corrected chi connectivity index (χ0v) is 12.3. The van der Waals surface area contributed by atoms with Gasteiger partial charge in [-0.05, 0) is 19.3 Å². The minimum absolute atomic E-state index is 0.310. The van der Waals surface area contributed by atoms with Crippen LogP contribution in [-0.2, 0) is 4.79 Å². The quantitative estimate of drug-likeness (QED) is 0.304. The Morgan fingerprint density at radius 2 is 1.89 bits per heavy atom. The molecule has 0 heterocycles. The van der Waals surface area contributed by atoms with Crippen molar-refractivity contribution in [2.75, 3.05) is 6.54 Å². The van der Waals surface area contributed by atoms with E-state index < -0.39 is 12.0 Å². The summed E-state index contributed by atoms with van der Waals surface area (Å²) in [6, 6.07) is -0.789. The molecule has 0 aromatic heterocycles. The maximum atomic E-state index is 10.5. The first-order valence-corrected chi connectivity index (χ1v) is 7.27. The van der Waals surface area contributed by atoms with Gasteiger partial charge in [-0.2, -0.15) is 0 Å². The fourth-order valence-corrected chi connectivity index (χ4v) is 1.82. The lowest BCUT2D eigenvalue weighted by Crippen LogP contribution is -2.30. The zero-order chi connectivity index (χ0) is 14.7. The highest BCUT2D eigenvalue weighted by atomic mass is 16.4. The van der Waals surface area contributed by atoms with Crippen molar-refractivity contribution in [3.8, 4) is 0 Å². The standard InChI is InChI=1S/C14H29N3O2/c1-3-4-5-6-8-11(2)13(16)17-10-7-9-12(15)14(18)19/h11-12H,3-10,15H2,1-2H3,(H2,16,17)(H,18,19). The van der Waals surface area contributed by atoms with Crippen LogP contribution in [0.2, 0.25) is 0 Å². The number of aliphatic imine (C=N–C) groups is 1. The van der Waals surface area contributed by atoms with E-state index in [9.17, 15) is 4.79 Å². The summed E-state index contributed by atoms with van der Waals surface area (Å²) in [6.45, 7) is 4.85. The summed E-state index contributed by atoms with van der Waals surface area (Å²) in [7, 11) is 0. The highest BCUT2D eigenvalue weighted by Gasteiger charge is 2.10. The lowest BCUT2D eigenvalue weighted by Gasteiger charge is -2.11. The number of nitrogens with zero attached hydrogens (tertiary/aromatic N) is 1. The Kier molecular flexibility index (Phi) is 10.2. The van der Waals surface area contributed by atoms with Crippen LogP contribution in [-0.4, -0.2) is 29.5 Å². The molecule has 0 fully saturated rings. The summed E-state index contributed by atoms with van der Waals surface area (Å²) in [5.74, 6) is 0.0339. The fourth-order valence-electron chi connectivity index (χ4n) is 1.82. The molecule has 0 aromatic carbocycles. The topological polar surface area (TPSA) is 102 Å². The van der Waals surface area contributed by atoms with Gasteiger partial charge in [-0.15, -0.1) is 0 Å². The molecule has 0 aromatic rings. The number of unbranched alkanes of at least 4 members (excludes halogenated alkanes) is 3. The molecule has 0 spiro atoms. The number of aliphatic carboxylic acids is 1. The second-order valence-corrected chi connectivity index (χ2v) is 5.14. The molecule has 5 heteroatoms. The number of carboxylic acids is 1. The van der Waals surface area contributed by atoms with Crippen LogP contribution in [0.5, 0.6) is 0 Å². The maximum absolute atomic E-state index is 10.5. The monoisotopic (exact) mass is 271 g/mol. The van der Waals surface area contributed by atoms with Crippen LogP contribution in [0.4, 0.5) is 0 Å². The molecule has 2 unspecified atom stereocenters. The average molecular weight is 271 g/mol. The molecule has 0 aliphatic heterocycles. The Morgan fingerprint density at radius 3 is 2.47 bits per heavy atom. The van der Waals surface area contributed by atoms with Crippen molar-refractivity contribution in [3.05, 3.63) is 0 Å². The van der Waals surface area contributed by atoms with Crippen molar-refractivity contribution < 1.29 is 9.90 Å². The third-order valence-corrected chi connectivity index (χ3v) is 3.28. The summed E-state index contributed by atoms with van der Waals surface area (Å²) in [5.41, 5.74) is 11.3. The van der Waals surface area contributed by atoms with Crippen LogP contribution >= 0.6 is 0 Å². The van der Waals surface area contributed by atoms with Crippen molar-refractivity contribution in [2.45, 2.75) is 64.8 Å². The van der Waals surface area contributed by atoms with Crippen LogP contribution < -0.4 is 11.5 Å². The van der Waals surface area contributed by atoms with E-state index in [0.717, 1.165) is 6.42 Å². The number of rotatable bonds is 11. The van der Waals surface area contributed by atoms with Gasteiger partial charge < -0.3 is 16.6 Å². The fraction of sp³-hybridized carbons (Fsp3) is 0.857. The first-order chi connectivity index (χ1) is 8.99. The summed E-state index contributed by atoms with van der Waals surface area (Å²) in [4.78, 5) is 14.8. The number of carboxylic acid groups (broad SMARTS) is 1. The van der Waals surface area contributed by atoms with E-state index in [1.165, 1.54) is 25.7 Å². The van der Waals surface area contributed by atoms with Crippen LogP contribution in [0.25, 0.3) is 0 Å². The molecule has 0 bridgehead atoms. The van der Waals surface area contributed by atoms with Crippen molar-refractivity contribution in [1.29, 1.82) is 0 Å². The zero-order valence-electron chi connectivity index (χ0n) is 12.3. The summed E-state index contributed by atoms with van der Waals surface area (Å²) in [6.07, 6.45) is 7.13. The largest absolute Gasteiger partial charge is 0.480 e. The van der Waals surface area contributed by atoms with E-state index in [-0.39, 0.29) is 0 Å². The van der Waals surface area contributed by atoms with E-state index in [0.29, 0.717) is 31.1 Å². The second kappa shape index (κ2) is 10.8. The molecular formula is C14H29N3O2. The normalized spacial score (nSPS) is 15.2. The molecule has 2 atom stereocenters. The predicted octanol–water partition coefficient (Wildman–Crippen LogP) is 2.14. The van der Waals surface area contributed by atoms with Crippen molar-refractivity contribution >= 4 is 11.8 Å². The number of hydrogen-bond acceptors (Lipinski definition) is 3.